The van der Waals surface area contributed by atoms with Crippen LogP contribution in [0.25, 0.3) is 0 Å². The quantitative estimate of drug-likeness (QED) is 0.897. The van der Waals surface area contributed by atoms with Crippen molar-refractivity contribution in [1.29, 1.82) is 0 Å². The van der Waals surface area contributed by atoms with Gasteiger partial charge in [0.15, 0.2) is 0 Å². The number of piperidine rings is 1. The van der Waals surface area contributed by atoms with Crippen molar-refractivity contribution in [3.8, 4) is 0 Å². The van der Waals surface area contributed by atoms with E-state index in [2.05, 4.69) is 5.32 Å². The summed E-state index contributed by atoms with van der Waals surface area (Å²) in [7, 11) is 0. The van der Waals surface area contributed by atoms with Crippen LogP contribution in [0.1, 0.15) is 30.1 Å². The summed E-state index contributed by atoms with van der Waals surface area (Å²) in [6.45, 7) is 3.35. The minimum absolute atomic E-state index is 0.0618. The Morgan fingerprint density at radius 2 is 1.83 bits per heavy atom. The molecule has 0 unspecified atom stereocenters. The van der Waals surface area contributed by atoms with Crippen LogP contribution in [0.2, 0.25) is 0 Å². The van der Waals surface area contributed by atoms with Gasteiger partial charge in [-0.1, -0.05) is 42.5 Å². The maximum absolute atomic E-state index is 12.4. The Bertz CT molecular complexity index is 679. The Kier molecular flexibility index (Phi) is 5.16. The molecular weight excluding hydrogens is 300 g/mol. The molecule has 3 rings (SSSR count). The molecule has 4 nitrogen and oxygen atoms in total. The van der Waals surface area contributed by atoms with Crippen molar-refractivity contribution in [3.05, 3.63) is 65.7 Å². The molecule has 0 spiro atoms. The predicted molar refractivity (Wildman–Crippen MR) is 95.9 cm³/mol. The van der Waals surface area contributed by atoms with Gasteiger partial charge < -0.3 is 15.3 Å². The molecule has 4 heteroatoms. The predicted octanol–water partition coefficient (Wildman–Crippen LogP) is 3.97. The first-order valence-corrected chi connectivity index (χ1v) is 8.49. The first kappa shape index (κ1) is 16.5. The molecule has 2 aromatic rings. The van der Waals surface area contributed by atoms with Crippen LogP contribution in [0.5, 0.6) is 0 Å². The molecule has 2 N–H and O–H groups in total. The van der Waals surface area contributed by atoms with Gasteiger partial charge in [0.2, 0.25) is 0 Å². The Morgan fingerprint density at radius 3 is 2.50 bits per heavy atom. The molecule has 1 atom stereocenters. The standard InChI is InChI=1S/C20H24N2O2/c1-15-6-5-9-18(14-15)21-20(24)22-12-10-17(11-13-22)19(23)16-7-3-2-4-8-16/h2-9,14,17,19,23H,10-13H2,1H3,(H,21,24)/t19-/m0/s1. The van der Waals surface area contributed by atoms with Crippen LogP contribution in [0.4, 0.5) is 10.5 Å². The summed E-state index contributed by atoms with van der Waals surface area (Å²) in [5.74, 6) is 0.204. The number of aryl methyl sites for hydroxylation is 1. The molecule has 1 aliphatic heterocycles. The molecule has 1 saturated heterocycles. The lowest BCUT2D eigenvalue weighted by Crippen LogP contribution is -2.42. The van der Waals surface area contributed by atoms with Gasteiger partial charge in [-0.15, -0.1) is 0 Å². The van der Waals surface area contributed by atoms with E-state index in [0.717, 1.165) is 29.7 Å². The van der Waals surface area contributed by atoms with Crippen LogP contribution in [0.15, 0.2) is 54.6 Å². The highest BCUT2D eigenvalue weighted by atomic mass is 16.3. The van der Waals surface area contributed by atoms with E-state index in [0.29, 0.717) is 13.1 Å². The second-order valence-corrected chi connectivity index (χ2v) is 6.48. The van der Waals surface area contributed by atoms with Gasteiger partial charge in [0.05, 0.1) is 6.10 Å². The van der Waals surface area contributed by atoms with Crippen molar-refractivity contribution in [1.82, 2.24) is 4.90 Å². The number of amides is 2. The van der Waals surface area contributed by atoms with Crippen molar-refractivity contribution in [2.75, 3.05) is 18.4 Å². The fourth-order valence-electron chi connectivity index (χ4n) is 3.27. The Labute approximate surface area is 143 Å². The van der Waals surface area contributed by atoms with E-state index in [1.807, 2.05) is 66.4 Å². The molecule has 1 aliphatic rings. The summed E-state index contributed by atoms with van der Waals surface area (Å²) in [5, 5.41) is 13.5. The van der Waals surface area contributed by atoms with E-state index in [-0.39, 0.29) is 11.9 Å². The summed E-state index contributed by atoms with van der Waals surface area (Å²) < 4.78 is 0. The van der Waals surface area contributed by atoms with Crippen molar-refractivity contribution < 1.29 is 9.90 Å². The number of likely N-dealkylation sites (tertiary alicyclic amines) is 1. The second kappa shape index (κ2) is 7.49. The smallest absolute Gasteiger partial charge is 0.321 e. The van der Waals surface area contributed by atoms with E-state index in [1.54, 1.807) is 0 Å². The third-order valence-electron chi connectivity index (χ3n) is 4.68. The number of carbonyl (C=O) groups excluding carboxylic acids is 1. The zero-order valence-electron chi connectivity index (χ0n) is 14.0. The monoisotopic (exact) mass is 324 g/mol. The lowest BCUT2D eigenvalue weighted by molar-refractivity contribution is 0.0683. The number of carbonyl (C=O) groups is 1. The minimum atomic E-state index is -0.451. The molecule has 1 fully saturated rings. The lowest BCUT2D eigenvalue weighted by Gasteiger charge is -2.34. The summed E-state index contributed by atoms with van der Waals surface area (Å²) >= 11 is 0. The number of nitrogens with zero attached hydrogens (tertiary/aromatic N) is 1. The number of hydrogen-bond acceptors (Lipinski definition) is 2. The highest BCUT2D eigenvalue weighted by molar-refractivity contribution is 5.89. The van der Waals surface area contributed by atoms with Crippen LogP contribution in [-0.4, -0.2) is 29.1 Å². The molecule has 2 aromatic carbocycles. The zero-order chi connectivity index (χ0) is 16.9. The molecule has 0 aliphatic carbocycles. The van der Waals surface area contributed by atoms with Crippen molar-refractivity contribution in [3.63, 3.8) is 0 Å². The normalized spacial score (nSPS) is 16.7. The summed E-state index contributed by atoms with van der Waals surface area (Å²) in [6.07, 6.45) is 1.18. The maximum atomic E-state index is 12.4. The van der Waals surface area contributed by atoms with E-state index >= 15 is 0 Å². The van der Waals surface area contributed by atoms with Gasteiger partial charge in [0.25, 0.3) is 0 Å². The van der Waals surface area contributed by atoms with Gasteiger partial charge in [-0.05, 0) is 48.9 Å². The number of aliphatic hydroxyl groups is 1. The number of aliphatic hydroxyl groups excluding tert-OH is 1. The number of benzene rings is 2. The van der Waals surface area contributed by atoms with Gasteiger partial charge in [0.1, 0.15) is 0 Å². The van der Waals surface area contributed by atoms with Crippen LogP contribution < -0.4 is 5.32 Å². The number of urea groups is 1. The average molecular weight is 324 g/mol. The second-order valence-electron chi connectivity index (χ2n) is 6.48. The third-order valence-corrected chi connectivity index (χ3v) is 4.68. The number of nitrogens with one attached hydrogen (secondary N) is 1. The highest BCUT2D eigenvalue weighted by Crippen LogP contribution is 2.30. The van der Waals surface area contributed by atoms with E-state index in [4.69, 9.17) is 0 Å². The van der Waals surface area contributed by atoms with Gasteiger partial charge in [-0.2, -0.15) is 0 Å². The van der Waals surface area contributed by atoms with Crippen molar-refractivity contribution >= 4 is 11.7 Å². The fourth-order valence-corrected chi connectivity index (χ4v) is 3.27. The van der Waals surface area contributed by atoms with Crippen LogP contribution in [-0.2, 0) is 0 Å². The average Bonchev–Trinajstić information content (AvgIpc) is 2.62. The summed E-state index contributed by atoms with van der Waals surface area (Å²) in [6, 6.07) is 17.5. The van der Waals surface area contributed by atoms with Gasteiger partial charge in [-0.3, -0.25) is 0 Å². The van der Waals surface area contributed by atoms with Gasteiger partial charge >= 0.3 is 6.03 Å². The lowest BCUT2D eigenvalue weighted by atomic mass is 9.87. The van der Waals surface area contributed by atoms with Crippen LogP contribution in [0, 0.1) is 12.8 Å². The largest absolute Gasteiger partial charge is 0.388 e. The van der Waals surface area contributed by atoms with E-state index < -0.39 is 6.10 Å². The first-order chi connectivity index (χ1) is 11.6. The number of rotatable bonds is 3. The number of hydrogen-bond donors (Lipinski definition) is 2. The van der Waals surface area contributed by atoms with Gasteiger partial charge in [-0.25, -0.2) is 4.79 Å². The summed E-state index contributed by atoms with van der Waals surface area (Å²) in [5.41, 5.74) is 2.91. The molecule has 24 heavy (non-hydrogen) atoms. The van der Waals surface area contributed by atoms with Gasteiger partial charge in [0, 0.05) is 18.8 Å². The van der Waals surface area contributed by atoms with E-state index in [1.165, 1.54) is 0 Å². The van der Waals surface area contributed by atoms with Crippen molar-refractivity contribution in [2.45, 2.75) is 25.9 Å². The fraction of sp³-hybridized carbons (Fsp3) is 0.350. The maximum Gasteiger partial charge on any atom is 0.321 e. The molecule has 0 saturated carbocycles. The molecule has 0 bridgehead atoms. The Hall–Kier alpha value is -2.33. The minimum Gasteiger partial charge on any atom is -0.388 e. The molecule has 2 amide bonds. The Balaban J connectivity index is 1.54. The SMILES string of the molecule is Cc1cccc(NC(=O)N2CCC([C@@H](O)c3ccccc3)CC2)c1. The van der Waals surface area contributed by atoms with Crippen LogP contribution >= 0.6 is 0 Å². The molecule has 126 valence electrons. The summed E-state index contributed by atoms with van der Waals surface area (Å²) in [4.78, 5) is 14.2. The van der Waals surface area contributed by atoms with Crippen molar-refractivity contribution in [2.24, 2.45) is 5.92 Å². The first-order valence-electron chi connectivity index (χ1n) is 8.49. The molecule has 0 radical (unpaired) electrons. The Morgan fingerprint density at radius 1 is 1.12 bits per heavy atom. The topological polar surface area (TPSA) is 52.6 Å². The van der Waals surface area contributed by atoms with Crippen LogP contribution in [0.3, 0.4) is 0 Å². The molecular formula is C20H24N2O2. The third kappa shape index (κ3) is 3.95. The highest BCUT2D eigenvalue weighted by Gasteiger charge is 2.28. The molecule has 0 aromatic heterocycles. The molecule has 1 heterocycles. The number of anilines is 1. The zero-order valence-corrected chi connectivity index (χ0v) is 14.0. The van der Waals surface area contributed by atoms with E-state index in [9.17, 15) is 9.90 Å².